The fourth-order valence-electron chi connectivity index (χ4n) is 4.65. The number of ether oxygens (including phenoxy) is 1. The largest absolute Gasteiger partial charge is 0.488 e. The van der Waals surface area contributed by atoms with Crippen LogP contribution < -0.4 is 16.0 Å². The summed E-state index contributed by atoms with van der Waals surface area (Å²) in [6.07, 6.45) is 3.41. The number of rotatable bonds is 5. The summed E-state index contributed by atoms with van der Waals surface area (Å²) in [5, 5.41) is 9.98. The van der Waals surface area contributed by atoms with Crippen molar-refractivity contribution < 1.29 is 14.6 Å². The van der Waals surface area contributed by atoms with E-state index < -0.39 is 6.09 Å². The Labute approximate surface area is 221 Å². The predicted octanol–water partition coefficient (Wildman–Crippen LogP) is 4.36. The number of halogens is 1. The van der Waals surface area contributed by atoms with E-state index >= 15 is 0 Å². The summed E-state index contributed by atoms with van der Waals surface area (Å²) >= 11 is 7.92. The normalized spacial score (nSPS) is 15.8. The van der Waals surface area contributed by atoms with Gasteiger partial charge in [-0.1, -0.05) is 11.6 Å². The fourth-order valence-corrected chi connectivity index (χ4v) is 6.06. The maximum atomic E-state index is 12.5. The molecule has 37 heavy (non-hydrogen) atoms. The van der Waals surface area contributed by atoms with Crippen LogP contribution in [0.25, 0.3) is 21.3 Å². The van der Waals surface area contributed by atoms with Gasteiger partial charge in [-0.2, -0.15) is 0 Å². The average Bonchev–Trinajstić information content (AvgIpc) is 3.29. The summed E-state index contributed by atoms with van der Waals surface area (Å²) in [5.41, 5.74) is 2.47. The van der Waals surface area contributed by atoms with Gasteiger partial charge in [0.15, 0.2) is 0 Å². The highest BCUT2D eigenvalue weighted by atomic mass is 35.5. The standard InChI is InChI=1S/C26H25ClN4O5S/c1-15-10-16(27)11-20(23(15)36-17-4-3-8-30(13-17)26(34)35)19-5-7-28-21-12-18(37-24(19)21)14-31-22(32)6-9-29(2)25(31)33/h5-7,9-12,17H,3-4,8,13-14H2,1-2H3,(H,34,35). The van der Waals surface area contributed by atoms with Crippen LogP contribution in [0.4, 0.5) is 4.79 Å². The molecule has 1 unspecified atom stereocenters. The minimum absolute atomic E-state index is 0.137. The lowest BCUT2D eigenvalue weighted by Crippen LogP contribution is -2.43. The number of benzene rings is 1. The van der Waals surface area contributed by atoms with Crippen LogP contribution in [0, 0.1) is 6.92 Å². The Bertz CT molecular complexity index is 1630. The number of likely N-dealkylation sites (tertiary alicyclic amines) is 1. The van der Waals surface area contributed by atoms with Gasteiger partial charge in [0.25, 0.3) is 5.56 Å². The molecule has 1 aromatic carbocycles. The summed E-state index contributed by atoms with van der Waals surface area (Å²) in [7, 11) is 1.61. The van der Waals surface area contributed by atoms with Crippen LogP contribution in [0.1, 0.15) is 23.3 Å². The van der Waals surface area contributed by atoms with Crippen molar-refractivity contribution in [3.8, 4) is 16.9 Å². The molecule has 1 aliphatic rings. The smallest absolute Gasteiger partial charge is 0.407 e. The molecule has 0 saturated carbocycles. The lowest BCUT2D eigenvalue weighted by molar-refractivity contribution is 0.0791. The van der Waals surface area contributed by atoms with E-state index in [0.717, 1.165) is 44.6 Å². The number of fused-ring (bicyclic) bond motifs is 1. The second kappa shape index (κ2) is 10.0. The van der Waals surface area contributed by atoms with E-state index in [1.54, 1.807) is 13.2 Å². The molecular weight excluding hydrogens is 516 g/mol. The first kappa shape index (κ1) is 25.0. The highest BCUT2D eigenvalue weighted by Gasteiger charge is 2.26. The lowest BCUT2D eigenvalue weighted by Gasteiger charge is -2.32. The third-order valence-corrected chi connectivity index (χ3v) is 7.84. The maximum Gasteiger partial charge on any atom is 0.407 e. The first-order valence-corrected chi connectivity index (χ1v) is 13.0. The van der Waals surface area contributed by atoms with Crippen molar-refractivity contribution in [3.05, 3.63) is 79.0 Å². The Hall–Kier alpha value is -3.63. The summed E-state index contributed by atoms with van der Waals surface area (Å²) < 4.78 is 9.87. The van der Waals surface area contributed by atoms with Crippen LogP contribution >= 0.6 is 22.9 Å². The molecule has 1 saturated heterocycles. The van der Waals surface area contributed by atoms with Gasteiger partial charge in [-0.05, 0) is 49.6 Å². The lowest BCUT2D eigenvalue weighted by atomic mass is 10.0. The first-order valence-electron chi connectivity index (χ1n) is 11.8. The first-order chi connectivity index (χ1) is 17.7. The molecule has 0 spiro atoms. The minimum atomic E-state index is -0.948. The number of aromatic nitrogens is 3. The predicted molar refractivity (Wildman–Crippen MR) is 143 cm³/mol. The molecule has 1 atom stereocenters. The van der Waals surface area contributed by atoms with E-state index in [4.69, 9.17) is 16.3 Å². The molecule has 4 aromatic rings. The number of pyridine rings is 1. The fraction of sp³-hybridized carbons (Fsp3) is 0.308. The number of nitrogens with zero attached hydrogens (tertiary/aromatic N) is 4. The molecule has 9 nitrogen and oxygen atoms in total. The number of hydrogen-bond donors (Lipinski definition) is 1. The van der Waals surface area contributed by atoms with Gasteiger partial charge in [-0.15, -0.1) is 11.3 Å². The summed E-state index contributed by atoms with van der Waals surface area (Å²) in [6, 6.07) is 8.81. The van der Waals surface area contributed by atoms with Crippen molar-refractivity contribution in [2.45, 2.75) is 32.4 Å². The van der Waals surface area contributed by atoms with Crippen LogP contribution in [-0.4, -0.2) is 49.4 Å². The van der Waals surface area contributed by atoms with Crippen molar-refractivity contribution in [2.75, 3.05) is 13.1 Å². The number of aryl methyl sites for hydroxylation is 2. The molecule has 11 heteroatoms. The Balaban J connectivity index is 1.56. The number of piperidine rings is 1. The Morgan fingerprint density at radius 3 is 2.84 bits per heavy atom. The van der Waals surface area contributed by atoms with Gasteiger partial charge in [0.05, 0.1) is 23.3 Å². The van der Waals surface area contributed by atoms with Crippen molar-refractivity contribution in [1.29, 1.82) is 0 Å². The van der Waals surface area contributed by atoms with Crippen LogP contribution in [0.15, 0.2) is 52.3 Å². The van der Waals surface area contributed by atoms with E-state index in [9.17, 15) is 19.5 Å². The molecule has 1 N–H and O–H groups in total. The average molecular weight is 541 g/mol. The quantitative estimate of drug-likeness (QED) is 0.403. The van der Waals surface area contributed by atoms with Gasteiger partial charge in [-0.3, -0.25) is 14.3 Å². The second-order valence-electron chi connectivity index (χ2n) is 9.13. The summed E-state index contributed by atoms with van der Waals surface area (Å²) in [4.78, 5) is 43.1. The maximum absolute atomic E-state index is 12.5. The molecule has 192 valence electrons. The van der Waals surface area contributed by atoms with E-state index in [1.807, 2.05) is 31.2 Å². The van der Waals surface area contributed by atoms with Crippen LogP contribution in [-0.2, 0) is 13.6 Å². The Kier molecular flexibility index (Phi) is 6.78. The van der Waals surface area contributed by atoms with Crippen molar-refractivity contribution in [2.24, 2.45) is 7.05 Å². The molecule has 0 bridgehead atoms. The highest BCUT2D eigenvalue weighted by molar-refractivity contribution is 7.19. The molecule has 5 rings (SSSR count). The molecule has 0 aliphatic carbocycles. The third-order valence-electron chi connectivity index (χ3n) is 6.48. The molecule has 1 aliphatic heterocycles. The Morgan fingerprint density at radius 1 is 1.24 bits per heavy atom. The van der Waals surface area contributed by atoms with E-state index in [2.05, 4.69) is 4.98 Å². The van der Waals surface area contributed by atoms with E-state index in [0.29, 0.717) is 23.9 Å². The highest BCUT2D eigenvalue weighted by Crippen LogP contribution is 2.42. The van der Waals surface area contributed by atoms with Crippen LogP contribution in [0.5, 0.6) is 5.75 Å². The molecular formula is C26H25ClN4O5S. The molecule has 4 heterocycles. The molecule has 3 aromatic heterocycles. The van der Waals surface area contributed by atoms with Gasteiger partial charge in [0, 0.05) is 53.1 Å². The minimum Gasteiger partial charge on any atom is -0.488 e. The third kappa shape index (κ3) is 4.99. The van der Waals surface area contributed by atoms with Crippen LogP contribution in [0.3, 0.4) is 0 Å². The summed E-state index contributed by atoms with van der Waals surface area (Å²) in [5.74, 6) is 0.650. The zero-order chi connectivity index (χ0) is 26.3. The number of carbonyl (C=O) groups is 1. The number of thiophene rings is 1. The summed E-state index contributed by atoms with van der Waals surface area (Å²) in [6.45, 7) is 2.85. The van der Waals surface area contributed by atoms with Crippen molar-refractivity contribution in [1.82, 2.24) is 19.0 Å². The van der Waals surface area contributed by atoms with Crippen LogP contribution in [0.2, 0.25) is 5.02 Å². The molecule has 1 fully saturated rings. The van der Waals surface area contributed by atoms with Crippen molar-refractivity contribution in [3.63, 3.8) is 0 Å². The van der Waals surface area contributed by atoms with E-state index in [-0.39, 0.29) is 23.9 Å². The zero-order valence-electron chi connectivity index (χ0n) is 20.3. The van der Waals surface area contributed by atoms with Crippen molar-refractivity contribution >= 4 is 39.2 Å². The zero-order valence-corrected chi connectivity index (χ0v) is 21.9. The number of hydrogen-bond acceptors (Lipinski definition) is 6. The molecule has 1 amide bonds. The van der Waals surface area contributed by atoms with Gasteiger partial charge < -0.3 is 19.3 Å². The van der Waals surface area contributed by atoms with Gasteiger partial charge in [0.1, 0.15) is 11.9 Å². The number of amides is 1. The van der Waals surface area contributed by atoms with E-state index in [1.165, 1.54) is 37.6 Å². The number of carboxylic acid groups (broad SMARTS) is 1. The monoisotopic (exact) mass is 540 g/mol. The topological polar surface area (TPSA) is 107 Å². The second-order valence-corrected chi connectivity index (χ2v) is 10.7. The van der Waals surface area contributed by atoms with Gasteiger partial charge >= 0.3 is 11.8 Å². The Morgan fingerprint density at radius 2 is 2.05 bits per heavy atom. The SMILES string of the molecule is Cc1cc(Cl)cc(-c2ccnc3cc(Cn4c(=O)ccn(C)c4=O)sc23)c1OC1CCCN(C(=O)O)C1. The van der Waals surface area contributed by atoms with Gasteiger partial charge in [0.2, 0.25) is 0 Å². The molecule has 0 radical (unpaired) electrons. The van der Waals surface area contributed by atoms with Gasteiger partial charge in [-0.25, -0.2) is 9.59 Å².